The van der Waals surface area contributed by atoms with Gasteiger partial charge in [0, 0.05) is 19.8 Å². The number of hydrogen-bond acceptors (Lipinski definition) is 4. The summed E-state index contributed by atoms with van der Waals surface area (Å²) in [5, 5.41) is 11.5. The summed E-state index contributed by atoms with van der Waals surface area (Å²) in [4.78, 5) is 37.5. The normalized spacial score (nSPS) is 21.6. The Bertz CT molecular complexity index is 389. The van der Waals surface area contributed by atoms with Gasteiger partial charge < -0.3 is 15.3 Å². The van der Waals surface area contributed by atoms with Crippen molar-refractivity contribution in [3.63, 3.8) is 0 Å². The first-order valence-electron chi connectivity index (χ1n) is 6.49. The zero-order chi connectivity index (χ0) is 15.3. The van der Waals surface area contributed by atoms with Crippen molar-refractivity contribution in [3.05, 3.63) is 0 Å². The molecule has 114 valence electrons. The van der Waals surface area contributed by atoms with Crippen molar-refractivity contribution < 1.29 is 19.5 Å². The number of hydrogen-bond donors (Lipinski definition) is 2. The van der Waals surface area contributed by atoms with E-state index in [1.807, 2.05) is 6.92 Å². The van der Waals surface area contributed by atoms with E-state index in [0.29, 0.717) is 5.75 Å². The lowest BCUT2D eigenvalue weighted by atomic mass is 10.2. The molecule has 20 heavy (non-hydrogen) atoms. The number of urea groups is 1. The van der Waals surface area contributed by atoms with Crippen LogP contribution in [0.15, 0.2) is 0 Å². The van der Waals surface area contributed by atoms with Gasteiger partial charge in [-0.05, 0) is 6.42 Å². The van der Waals surface area contributed by atoms with Crippen LogP contribution in [-0.4, -0.2) is 70.6 Å². The number of amides is 3. The van der Waals surface area contributed by atoms with E-state index in [1.54, 1.807) is 14.1 Å². The molecular weight excluding hydrogens is 282 g/mol. The molecule has 2 unspecified atom stereocenters. The van der Waals surface area contributed by atoms with Gasteiger partial charge in [0.1, 0.15) is 6.04 Å². The second-order valence-electron chi connectivity index (χ2n) is 4.78. The first-order valence-corrected chi connectivity index (χ1v) is 7.54. The summed E-state index contributed by atoms with van der Waals surface area (Å²) in [6.07, 6.45) is 1.61. The Labute approximate surface area is 122 Å². The zero-order valence-electron chi connectivity index (χ0n) is 12.0. The van der Waals surface area contributed by atoms with Crippen LogP contribution in [0.2, 0.25) is 0 Å². The summed E-state index contributed by atoms with van der Waals surface area (Å²) in [5.41, 5.74) is 0. The number of aliphatic carboxylic acids is 1. The van der Waals surface area contributed by atoms with Gasteiger partial charge in [-0.1, -0.05) is 13.3 Å². The fraction of sp³-hybridized carbons (Fsp3) is 0.750. The highest BCUT2D eigenvalue weighted by molar-refractivity contribution is 8.00. The number of thioether (sulfide) groups is 1. The highest BCUT2D eigenvalue weighted by Crippen LogP contribution is 2.32. The lowest BCUT2D eigenvalue weighted by Gasteiger charge is -2.27. The molecule has 3 amide bonds. The lowest BCUT2D eigenvalue weighted by Crippen LogP contribution is -2.51. The quantitative estimate of drug-likeness (QED) is 0.768. The van der Waals surface area contributed by atoms with E-state index in [0.717, 1.165) is 12.8 Å². The highest BCUT2D eigenvalue weighted by Gasteiger charge is 2.41. The van der Waals surface area contributed by atoms with E-state index in [2.05, 4.69) is 5.32 Å². The van der Waals surface area contributed by atoms with E-state index in [4.69, 9.17) is 0 Å². The number of nitrogens with one attached hydrogen (secondary N) is 1. The van der Waals surface area contributed by atoms with E-state index in [9.17, 15) is 19.5 Å². The minimum Gasteiger partial charge on any atom is -0.480 e. The molecule has 0 aromatic heterocycles. The van der Waals surface area contributed by atoms with Gasteiger partial charge in [0.05, 0.1) is 11.9 Å². The Balaban J connectivity index is 2.68. The summed E-state index contributed by atoms with van der Waals surface area (Å²) < 4.78 is 0. The van der Waals surface area contributed by atoms with Crippen LogP contribution < -0.4 is 5.32 Å². The van der Waals surface area contributed by atoms with Crippen molar-refractivity contribution in [1.29, 1.82) is 0 Å². The Morgan fingerprint density at radius 2 is 2.05 bits per heavy atom. The molecule has 0 aromatic carbocycles. The number of likely N-dealkylation sites (N-methyl/N-ethyl adjacent to an activating group) is 1. The smallest absolute Gasteiger partial charge is 0.327 e. The maximum Gasteiger partial charge on any atom is 0.327 e. The molecule has 2 atom stereocenters. The first kappa shape index (κ1) is 16.6. The maximum atomic E-state index is 12.1. The third kappa shape index (κ3) is 4.03. The molecular formula is C12H21N3O4S. The molecule has 1 saturated heterocycles. The summed E-state index contributed by atoms with van der Waals surface area (Å²) >= 11 is 1.47. The van der Waals surface area contributed by atoms with Crippen molar-refractivity contribution in [2.45, 2.75) is 31.2 Å². The molecule has 1 aliphatic rings. The molecule has 1 aliphatic heterocycles. The zero-order valence-corrected chi connectivity index (χ0v) is 12.8. The number of nitrogens with zero attached hydrogens (tertiary/aromatic N) is 2. The Kier molecular flexibility index (Phi) is 6.12. The number of carbonyl (C=O) groups excluding carboxylic acids is 2. The molecule has 0 bridgehead atoms. The van der Waals surface area contributed by atoms with Gasteiger partial charge in [-0.3, -0.25) is 9.69 Å². The molecule has 0 saturated carbocycles. The second kappa shape index (κ2) is 7.37. The van der Waals surface area contributed by atoms with Crippen molar-refractivity contribution in [3.8, 4) is 0 Å². The average molecular weight is 303 g/mol. The molecule has 0 radical (unpaired) electrons. The Hall–Kier alpha value is -1.44. The van der Waals surface area contributed by atoms with Crippen LogP contribution in [0.4, 0.5) is 4.79 Å². The topological polar surface area (TPSA) is 90.0 Å². The molecule has 7 nitrogen and oxygen atoms in total. The van der Waals surface area contributed by atoms with Crippen molar-refractivity contribution in [2.75, 3.05) is 26.4 Å². The highest BCUT2D eigenvalue weighted by atomic mass is 32.2. The summed E-state index contributed by atoms with van der Waals surface area (Å²) in [7, 11) is 3.19. The summed E-state index contributed by atoms with van der Waals surface area (Å²) in [6.45, 7) is 1.86. The number of carboxylic acid groups (broad SMARTS) is 1. The molecule has 8 heteroatoms. The summed E-state index contributed by atoms with van der Waals surface area (Å²) in [6, 6.07) is -1.32. The Morgan fingerprint density at radius 3 is 2.55 bits per heavy atom. The fourth-order valence-corrected chi connectivity index (χ4v) is 3.41. The SMILES string of the molecule is CCCC1SCC(C(=O)O)N1C(=O)NCC(=O)N(C)C. The largest absolute Gasteiger partial charge is 0.480 e. The van der Waals surface area contributed by atoms with E-state index in [1.165, 1.54) is 21.6 Å². The van der Waals surface area contributed by atoms with E-state index < -0.39 is 18.0 Å². The molecule has 2 N–H and O–H groups in total. The standard InChI is InChI=1S/C12H21N3O4S/c1-4-5-10-15(8(7-20-10)11(17)18)12(19)13-6-9(16)14(2)3/h8,10H,4-7H2,1-3H3,(H,13,19)(H,17,18). The van der Waals surface area contributed by atoms with Gasteiger partial charge in [-0.2, -0.15) is 0 Å². The third-order valence-electron chi connectivity index (χ3n) is 3.04. The molecule has 1 rings (SSSR count). The van der Waals surface area contributed by atoms with Crippen LogP contribution in [0.5, 0.6) is 0 Å². The van der Waals surface area contributed by atoms with Crippen LogP contribution in [0.3, 0.4) is 0 Å². The van der Waals surface area contributed by atoms with Gasteiger partial charge in [0.2, 0.25) is 5.91 Å². The molecule has 0 aliphatic carbocycles. The van der Waals surface area contributed by atoms with Crippen LogP contribution in [-0.2, 0) is 9.59 Å². The molecule has 1 heterocycles. The van der Waals surface area contributed by atoms with Crippen LogP contribution >= 0.6 is 11.8 Å². The third-order valence-corrected chi connectivity index (χ3v) is 4.39. The molecule has 1 fully saturated rings. The molecule has 0 aromatic rings. The minimum atomic E-state index is -1.01. The predicted octanol–water partition coefficient (Wildman–Crippen LogP) is 0.412. The second-order valence-corrected chi connectivity index (χ2v) is 6.00. The monoisotopic (exact) mass is 303 g/mol. The number of carbonyl (C=O) groups is 3. The maximum absolute atomic E-state index is 12.1. The number of rotatable bonds is 5. The minimum absolute atomic E-state index is 0.127. The van der Waals surface area contributed by atoms with Gasteiger partial charge in [-0.15, -0.1) is 11.8 Å². The van der Waals surface area contributed by atoms with E-state index >= 15 is 0 Å². The predicted molar refractivity (Wildman–Crippen MR) is 76.5 cm³/mol. The first-order chi connectivity index (χ1) is 9.38. The van der Waals surface area contributed by atoms with E-state index in [-0.39, 0.29) is 17.8 Å². The summed E-state index contributed by atoms with van der Waals surface area (Å²) in [5.74, 6) is -0.857. The van der Waals surface area contributed by atoms with Crippen LogP contribution in [0.25, 0.3) is 0 Å². The average Bonchev–Trinajstić information content (AvgIpc) is 2.79. The van der Waals surface area contributed by atoms with Crippen molar-refractivity contribution in [1.82, 2.24) is 15.1 Å². The fourth-order valence-electron chi connectivity index (χ4n) is 1.90. The lowest BCUT2D eigenvalue weighted by molar-refractivity contribution is -0.141. The molecule has 0 spiro atoms. The van der Waals surface area contributed by atoms with Gasteiger partial charge in [0.25, 0.3) is 0 Å². The van der Waals surface area contributed by atoms with Gasteiger partial charge in [-0.25, -0.2) is 9.59 Å². The van der Waals surface area contributed by atoms with Crippen molar-refractivity contribution in [2.24, 2.45) is 0 Å². The van der Waals surface area contributed by atoms with Gasteiger partial charge in [0.15, 0.2) is 0 Å². The van der Waals surface area contributed by atoms with Crippen LogP contribution in [0.1, 0.15) is 19.8 Å². The van der Waals surface area contributed by atoms with Gasteiger partial charge >= 0.3 is 12.0 Å². The van der Waals surface area contributed by atoms with Crippen molar-refractivity contribution >= 4 is 29.7 Å². The number of carboxylic acids is 1. The Morgan fingerprint density at radius 1 is 1.40 bits per heavy atom. The van der Waals surface area contributed by atoms with Crippen LogP contribution in [0, 0.1) is 0 Å².